The molecule has 1 aliphatic carbocycles. The fourth-order valence-electron chi connectivity index (χ4n) is 3.16. The summed E-state index contributed by atoms with van der Waals surface area (Å²) in [4.78, 5) is 35.3. The third-order valence-electron chi connectivity index (χ3n) is 4.72. The van der Waals surface area contributed by atoms with Gasteiger partial charge in [0, 0.05) is 5.02 Å². The number of carbonyl (C=O) groups excluding carboxylic acids is 1. The van der Waals surface area contributed by atoms with E-state index in [4.69, 9.17) is 11.6 Å². The lowest BCUT2D eigenvalue weighted by atomic mass is 9.71. The quantitative estimate of drug-likeness (QED) is 0.757. The van der Waals surface area contributed by atoms with Gasteiger partial charge in [-0.15, -0.1) is 0 Å². The van der Waals surface area contributed by atoms with Gasteiger partial charge in [-0.25, -0.2) is 9.97 Å². The minimum atomic E-state index is -0.403. The summed E-state index contributed by atoms with van der Waals surface area (Å²) in [7, 11) is 0. The van der Waals surface area contributed by atoms with Crippen molar-refractivity contribution in [3.8, 4) is 0 Å². The number of nitrogens with one attached hydrogen (secondary N) is 2. The van der Waals surface area contributed by atoms with Gasteiger partial charge in [-0.2, -0.15) is 0 Å². The Balaban J connectivity index is 1.66. The highest BCUT2D eigenvalue weighted by molar-refractivity contribution is 6.30. The molecule has 2 heterocycles. The highest BCUT2D eigenvalue weighted by Gasteiger charge is 2.40. The fourth-order valence-corrected chi connectivity index (χ4v) is 3.29. The van der Waals surface area contributed by atoms with Gasteiger partial charge in [0.25, 0.3) is 11.5 Å². The Morgan fingerprint density at radius 1 is 1.20 bits per heavy atom. The molecule has 25 heavy (non-hydrogen) atoms. The first kappa shape index (κ1) is 15.8. The molecule has 7 heteroatoms. The molecule has 6 nitrogen and oxygen atoms in total. The average molecular weight is 355 g/mol. The first-order valence-corrected chi connectivity index (χ1v) is 8.37. The maximum Gasteiger partial charge on any atom is 0.270 e. The van der Waals surface area contributed by atoms with Gasteiger partial charge in [-0.05, 0) is 43.0 Å². The van der Waals surface area contributed by atoms with E-state index in [0.29, 0.717) is 15.9 Å². The van der Waals surface area contributed by atoms with E-state index in [1.54, 1.807) is 0 Å². The standard InChI is InChI=1S/C18H15ClN4O2/c19-12-4-2-11(3-5-12)18(6-1-7-18)23-17(25)14-8-13-15(9-20-14)21-10-22-16(13)24/h2-5,8-10H,1,6-7H2,(H,23,25)(H,21,22,24). The predicted molar refractivity (Wildman–Crippen MR) is 94.6 cm³/mol. The molecule has 0 radical (unpaired) electrons. The molecule has 0 atom stereocenters. The molecule has 0 spiro atoms. The number of rotatable bonds is 3. The van der Waals surface area contributed by atoms with E-state index in [1.165, 1.54) is 18.6 Å². The second-order valence-electron chi connectivity index (χ2n) is 6.22. The van der Waals surface area contributed by atoms with E-state index in [1.807, 2.05) is 24.3 Å². The molecular formula is C18H15ClN4O2. The Bertz CT molecular complexity index is 1010. The van der Waals surface area contributed by atoms with Gasteiger partial charge >= 0.3 is 0 Å². The maximum atomic E-state index is 12.7. The zero-order valence-corrected chi connectivity index (χ0v) is 14.0. The molecule has 0 saturated heterocycles. The summed E-state index contributed by atoms with van der Waals surface area (Å²) in [6.45, 7) is 0. The number of hydrogen-bond acceptors (Lipinski definition) is 4. The van der Waals surface area contributed by atoms with Crippen LogP contribution in [0.5, 0.6) is 0 Å². The minimum absolute atomic E-state index is 0.200. The number of amides is 1. The molecule has 2 aromatic heterocycles. The number of benzene rings is 1. The molecule has 3 aromatic rings. The molecule has 1 amide bonds. The number of pyridine rings is 1. The van der Waals surface area contributed by atoms with Crippen molar-refractivity contribution in [2.75, 3.05) is 0 Å². The third-order valence-corrected chi connectivity index (χ3v) is 4.97. The number of aromatic amines is 1. The smallest absolute Gasteiger partial charge is 0.270 e. The van der Waals surface area contributed by atoms with E-state index in [9.17, 15) is 9.59 Å². The van der Waals surface area contributed by atoms with Gasteiger partial charge < -0.3 is 10.3 Å². The summed E-state index contributed by atoms with van der Waals surface area (Å²) in [5.74, 6) is -0.306. The van der Waals surface area contributed by atoms with Gasteiger partial charge in [0.15, 0.2) is 0 Å². The van der Waals surface area contributed by atoms with Crippen LogP contribution in [0.15, 0.2) is 47.7 Å². The zero-order valence-electron chi connectivity index (χ0n) is 13.3. The van der Waals surface area contributed by atoms with Crippen molar-refractivity contribution in [3.63, 3.8) is 0 Å². The van der Waals surface area contributed by atoms with E-state index in [2.05, 4.69) is 20.3 Å². The van der Waals surface area contributed by atoms with Crippen molar-refractivity contribution >= 4 is 28.4 Å². The molecule has 0 aliphatic heterocycles. The van der Waals surface area contributed by atoms with E-state index in [0.717, 1.165) is 24.8 Å². The van der Waals surface area contributed by atoms with Crippen molar-refractivity contribution in [2.45, 2.75) is 24.8 Å². The van der Waals surface area contributed by atoms with Crippen LogP contribution in [-0.4, -0.2) is 20.9 Å². The maximum absolute atomic E-state index is 12.7. The second-order valence-corrected chi connectivity index (χ2v) is 6.65. The summed E-state index contributed by atoms with van der Waals surface area (Å²) in [6, 6.07) is 8.99. The molecular weight excluding hydrogens is 340 g/mol. The molecule has 1 saturated carbocycles. The first-order valence-electron chi connectivity index (χ1n) is 7.99. The highest BCUT2D eigenvalue weighted by Crippen LogP contribution is 2.41. The molecule has 2 N–H and O–H groups in total. The predicted octanol–water partition coefficient (Wildman–Crippen LogP) is 2.78. The number of carbonyl (C=O) groups is 1. The molecule has 1 aliphatic rings. The van der Waals surface area contributed by atoms with Crippen LogP contribution in [0.3, 0.4) is 0 Å². The summed E-state index contributed by atoms with van der Waals surface area (Å²) >= 11 is 5.96. The number of fused-ring (bicyclic) bond motifs is 1. The SMILES string of the molecule is O=C(NC1(c2ccc(Cl)cc2)CCC1)c1cc2c(=O)[nH]cnc2cn1. The zero-order chi connectivity index (χ0) is 17.4. The van der Waals surface area contributed by atoms with Gasteiger partial charge in [-0.3, -0.25) is 9.59 Å². The van der Waals surface area contributed by atoms with Gasteiger partial charge in [-0.1, -0.05) is 23.7 Å². The van der Waals surface area contributed by atoms with Gasteiger partial charge in [0.1, 0.15) is 5.69 Å². The number of hydrogen-bond donors (Lipinski definition) is 2. The first-order chi connectivity index (χ1) is 12.1. The average Bonchev–Trinajstić information content (AvgIpc) is 2.59. The molecule has 4 rings (SSSR count). The summed E-state index contributed by atoms with van der Waals surface area (Å²) < 4.78 is 0. The summed E-state index contributed by atoms with van der Waals surface area (Å²) in [5.41, 5.74) is 0.983. The monoisotopic (exact) mass is 354 g/mol. The Morgan fingerprint density at radius 3 is 2.64 bits per heavy atom. The van der Waals surface area contributed by atoms with E-state index < -0.39 is 5.54 Å². The largest absolute Gasteiger partial charge is 0.341 e. The molecule has 1 aromatic carbocycles. The lowest BCUT2D eigenvalue weighted by molar-refractivity contribution is 0.0818. The van der Waals surface area contributed by atoms with Crippen molar-refractivity contribution < 1.29 is 4.79 Å². The number of nitrogens with zero attached hydrogens (tertiary/aromatic N) is 2. The third kappa shape index (κ3) is 2.78. The summed E-state index contributed by atoms with van der Waals surface area (Å²) in [5, 5.41) is 4.09. The van der Waals surface area contributed by atoms with Crippen LogP contribution in [0, 0.1) is 0 Å². The molecule has 1 fully saturated rings. The Hall–Kier alpha value is -2.73. The van der Waals surface area contributed by atoms with Crippen LogP contribution in [-0.2, 0) is 5.54 Å². The Labute approximate surface area is 148 Å². The van der Waals surface area contributed by atoms with E-state index in [-0.39, 0.29) is 17.2 Å². The summed E-state index contributed by atoms with van der Waals surface area (Å²) in [6.07, 6.45) is 5.51. The highest BCUT2D eigenvalue weighted by atomic mass is 35.5. The van der Waals surface area contributed by atoms with Crippen LogP contribution in [0.4, 0.5) is 0 Å². The normalized spacial score (nSPS) is 15.6. The van der Waals surface area contributed by atoms with Crippen LogP contribution in [0.25, 0.3) is 10.9 Å². The van der Waals surface area contributed by atoms with Crippen molar-refractivity contribution in [2.24, 2.45) is 0 Å². The topological polar surface area (TPSA) is 87.7 Å². The van der Waals surface area contributed by atoms with Crippen molar-refractivity contribution in [1.29, 1.82) is 0 Å². The molecule has 0 bridgehead atoms. The van der Waals surface area contributed by atoms with Crippen molar-refractivity contribution in [3.05, 3.63) is 69.5 Å². The van der Waals surface area contributed by atoms with Crippen LogP contribution in [0.2, 0.25) is 5.02 Å². The van der Waals surface area contributed by atoms with Gasteiger partial charge in [0.05, 0.1) is 29.0 Å². The van der Waals surface area contributed by atoms with Crippen LogP contribution >= 0.6 is 11.6 Å². The lowest BCUT2D eigenvalue weighted by Crippen LogP contribution is -2.51. The molecule has 126 valence electrons. The van der Waals surface area contributed by atoms with Gasteiger partial charge in [0.2, 0.25) is 0 Å². The van der Waals surface area contributed by atoms with Crippen LogP contribution in [0.1, 0.15) is 35.3 Å². The number of halogens is 1. The fraction of sp³-hybridized carbons (Fsp3) is 0.222. The number of aromatic nitrogens is 3. The molecule has 0 unspecified atom stereocenters. The Kier molecular flexibility index (Phi) is 3.77. The number of H-pyrrole nitrogens is 1. The van der Waals surface area contributed by atoms with E-state index >= 15 is 0 Å². The minimum Gasteiger partial charge on any atom is -0.341 e. The Morgan fingerprint density at radius 2 is 1.96 bits per heavy atom. The van der Waals surface area contributed by atoms with Crippen molar-refractivity contribution in [1.82, 2.24) is 20.3 Å². The second kappa shape index (κ2) is 5.97. The van der Waals surface area contributed by atoms with Crippen LogP contribution < -0.4 is 10.9 Å². The lowest BCUT2D eigenvalue weighted by Gasteiger charge is -2.43.